The summed E-state index contributed by atoms with van der Waals surface area (Å²) in [5.74, 6) is 0.999. The molecule has 6 heteroatoms. The zero-order chi connectivity index (χ0) is 13.2. The number of rotatable bonds is 3. The van der Waals surface area contributed by atoms with Crippen LogP contribution < -0.4 is 0 Å². The summed E-state index contributed by atoms with van der Waals surface area (Å²) in [7, 11) is 0. The minimum absolute atomic E-state index is 0.212. The molecule has 0 spiro atoms. The number of nitrogens with zero attached hydrogens (tertiary/aromatic N) is 3. The molecule has 1 fully saturated rings. The highest BCUT2D eigenvalue weighted by Gasteiger charge is 2.27. The molecule has 3 heterocycles. The summed E-state index contributed by atoms with van der Waals surface area (Å²) in [5.41, 5.74) is 4.14. The fraction of sp³-hybridized carbons (Fsp3) is 0.538. The number of aryl methyl sites for hydroxylation is 2. The molecule has 0 aromatic carbocycles. The predicted molar refractivity (Wildman–Crippen MR) is 74.1 cm³/mol. The Morgan fingerprint density at radius 1 is 1.47 bits per heavy atom. The maximum absolute atomic E-state index is 5.61. The quantitative estimate of drug-likeness (QED) is 0.933. The van der Waals surface area contributed by atoms with Gasteiger partial charge in [-0.3, -0.25) is 4.90 Å². The molecule has 0 aliphatic carbocycles. The van der Waals surface area contributed by atoms with Crippen molar-refractivity contribution in [1.29, 1.82) is 0 Å². The van der Waals surface area contributed by atoms with Gasteiger partial charge in [0.2, 0.25) is 0 Å². The van der Waals surface area contributed by atoms with Gasteiger partial charge in [-0.2, -0.15) is 0 Å². The van der Waals surface area contributed by atoms with Crippen LogP contribution in [0.15, 0.2) is 11.7 Å². The molecule has 3 rings (SSSR count). The van der Waals surface area contributed by atoms with Crippen molar-refractivity contribution in [2.45, 2.75) is 26.4 Å². The van der Waals surface area contributed by atoms with Crippen LogP contribution in [0.5, 0.6) is 0 Å². The first kappa shape index (κ1) is 12.8. The van der Waals surface area contributed by atoms with E-state index in [1.54, 1.807) is 11.3 Å². The topological polar surface area (TPSA) is 54.0 Å². The SMILES string of the molecule is Cc1cnc(C2COCCN2Cc2scnc2C)[nH]1. The van der Waals surface area contributed by atoms with Gasteiger partial charge in [0.05, 0.1) is 30.5 Å². The highest BCUT2D eigenvalue weighted by molar-refractivity contribution is 7.09. The van der Waals surface area contributed by atoms with Gasteiger partial charge in [0.25, 0.3) is 0 Å². The summed E-state index contributed by atoms with van der Waals surface area (Å²) in [6.07, 6.45) is 1.88. The number of aromatic amines is 1. The van der Waals surface area contributed by atoms with Crippen LogP contribution in [0.25, 0.3) is 0 Å². The van der Waals surface area contributed by atoms with E-state index in [4.69, 9.17) is 4.74 Å². The minimum Gasteiger partial charge on any atom is -0.378 e. The molecule has 2 aromatic rings. The molecular formula is C13H18N4OS. The molecule has 0 saturated carbocycles. The molecule has 0 bridgehead atoms. The third-order valence-electron chi connectivity index (χ3n) is 3.47. The van der Waals surface area contributed by atoms with Gasteiger partial charge in [0, 0.05) is 29.9 Å². The van der Waals surface area contributed by atoms with Crippen LogP contribution in [0, 0.1) is 13.8 Å². The van der Waals surface area contributed by atoms with E-state index in [0.717, 1.165) is 36.9 Å². The standard InChI is InChI=1S/C13H18N4OS/c1-9-5-14-13(16-9)11-7-18-4-3-17(11)6-12-10(2)15-8-19-12/h5,8,11H,3-4,6-7H2,1-2H3,(H,14,16). The maximum Gasteiger partial charge on any atom is 0.126 e. The Balaban J connectivity index is 1.79. The van der Waals surface area contributed by atoms with E-state index in [0.29, 0.717) is 6.61 Å². The summed E-state index contributed by atoms with van der Waals surface area (Å²) in [6.45, 7) is 7.43. The molecule has 1 atom stereocenters. The number of thiazole rings is 1. The Hall–Kier alpha value is -1.24. The highest BCUT2D eigenvalue weighted by atomic mass is 32.1. The second-order valence-electron chi connectivity index (χ2n) is 4.87. The molecule has 1 N–H and O–H groups in total. The van der Waals surface area contributed by atoms with Crippen LogP contribution in [-0.2, 0) is 11.3 Å². The summed E-state index contributed by atoms with van der Waals surface area (Å²) in [6, 6.07) is 0.212. The molecule has 0 amide bonds. The van der Waals surface area contributed by atoms with E-state index in [9.17, 15) is 0 Å². The van der Waals surface area contributed by atoms with Crippen LogP contribution in [0.3, 0.4) is 0 Å². The molecule has 0 radical (unpaired) electrons. The number of aromatic nitrogens is 3. The Bertz CT molecular complexity index is 550. The summed E-state index contributed by atoms with van der Waals surface area (Å²) in [4.78, 5) is 15.8. The van der Waals surface area contributed by atoms with E-state index >= 15 is 0 Å². The van der Waals surface area contributed by atoms with E-state index < -0.39 is 0 Å². The second-order valence-corrected chi connectivity index (χ2v) is 5.81. The van der Waals surface area contributed by atoms with Crippen molar-refractivity contribution in [2.75, 3.05) is 19.8 Å². The number of morpholine rings is 1. The van der Waals surface area contributed by atoms with Gasteiger partial charge in [-0.25, -0.2) is 9.97 Å². The molecule has 2 aromatic heterocycles. The average Bonchev–Trinajstić information content (AvgIpc) is 3.00. The zero-order valence-corrected chi connectivity index (χ0v) is 12.0. The second kappa shape index (κ2) is 5.40. The van der Waals surface area contributed by atoms with Gasteiger partial charge in [-0.1, -0.05) is 0 Å². The predicted octanol–water partition coefficient (Wildman–Crippen LogP) is 2.06. The van der Waals surface area contributed by atoms with Crippen molar-refractivity contribution in [3.05, 3.63) is 33.8 Å². The number of hydrogen-bond donors (Lipinski definition) is 1. The third kappa shape index (κ3) is 2.70. The van der Waals surface area contributed by atoms with E-state index in [-0.39, 0.29) is 6.04 Å². The Kier molecular flexibility index (Phi) is 3.63. The number of nitrogens with one attached hydrogen (secondary N) is 1. The lowest BCUT2D eigenvalue weighted by atomic mass is 10.2. The van der Waals surface area contributed by atoms with Gasteiger partial charge >= 0.3 is 0 Å². The number of hydrogen-bond acceptors (Lipinski definition) is 5. The fourth-order valence-electron chi connectivity index (χ4n) is 2.34. The van der Waals surface area contributed by atoms with Gasteiger partial charge in [-0.05, 0) is 13.8 Å². The Morgan fingerprint density at radius 3 is 3.05 bits per heavy atom. The third-order valence-corrected chi connectivity index (χ3v) is 4.39. The Morgan fingerprint density at radius 2 is 2.37 bits per heavy atom. The minimum atomic E-state index is 0.212. The van der Waals surface area contributed by atoms with Crippen molar-refractivity contribution in [1.82, 2.24) is 19.9 Å². The summed E-state index contributed by atoms with van der Waals surface area (Å²) < 4.78 is 5.61. The largest absolute Gasteiger partial charge is 0.378 e. The van der Waals surface area contributed by atoms with Crippen molar-refractivity contribution < 1.29 is 4.74 Å². The van der Waals surface area contributed by atoms with Crippen LogP contribution in [-0.4, -0.2) is 39.6 Å². The first-order valence-corrected chi connectivity index (χ1v) is 7.34. The first-order chi connectivity index (χ1) is 9.24. The first-order valence-electron chi connectivity index (χ1n) is 6.46. The molecule has 102 valence electrons. The van der Waals surface area contributed by atoms with Crippen molar-refractivity contribution in [3.63, 3.8) is 0 Å². The lowest BCUT2D eigenvalue weighted by molar-refractivity contribution is -0.0153. The molecule has 1 unspecified atom stereocenters. The molecular weight excluding hydrogens is 260 g/mol. The molecule has 1 aliphatic heterocycles. The fourth-order valence-corrected chi connectivity index (χ4v) is 3.15. The highest BCUT2D eigenvalue weighted by Crippen LogP contribution is 2.26. The smallest absolute Gasteiger partial charge is 0.126 e. The van der Waals surface area contributed by atoms with Crippen LogP contribution in [0.2, 0.25) is 0 Å². The number of imidazole rings is 1. The lowest BCUT2D eigenvalue weighted by Crippen LogP contribution is -2.39. The number of ether oxygens (including phenoxy) is 1. The normalized spacial score (nSPS) is 20.8. The van der Waals surface area contributed by atoms with Crippen LogP contribution in [0.1, 0.15) is 28.1 Å². The Labute approximate surface area is 116 Å². The van der Waals surface area contributed by atoms with Crippen molar-refractivity contribution in [2.24, 2.45) is 0 Å². The van der Waals surface area contributed by atoms with E-state index in [1.807, 2.05) is 18.6 Å². The van der Waals surface area contributed by atoms with Gasteiger partial charge in [0.1, 0.15) is 5.82 Å². The van der Waals surface area contributed by atoms with Crippen molar-refractivity contribution >= 4 is 11.3 Å². The van der Waals surface area contributed by atoms with Gasteiger partial charge < -0.3 is 9.72 Å². The average molecular weight is 278 g/mol. The van der Waals surface area contributed by atoms with Gasteiger partial charge in [0.15, 0.2) is 0 Å². The van der Waals surface area contributed by atoms with E-state index in [2.05, 4.69) is 26.8 Å². The summed E-state index contributed by atoms with van der Waals surface area (Å²) in [5, 5.41) is 0. The van der Waals surface area contributed by atoms with Crippen LogP contribution >= 0.6 is 11.3 Å². The lowest BCUT2D eigenvalue weighted by Gasteiger charge is -2.34. The summed E-state index contributed by atoms with van der Waals surface area (Å²) >= 11 is 1.72. The number of H-pyrrole nitrogens is 1. The maximum atomic E-state index is 5.61. The van der Waals surface area contributed by atoms with Gasteiger partial charge in [-0.15, -0.1) is 11.3 Å². The zero-order valence-electron chi connectivity index (χ0n) is 11.2. The monoisotopic (exact) mass is 278 g/mol. The van der Waals surface area contributed by atoms with Crippen LogP contribution in [0.4, 0.5) is 0 Å². The molecule has 19 heavy (non-hydrogen) atoms. The van der Waals surface area contributed by atoms with Crippen molar-refractivity contribution in [3.8, 4) is 0 Å². The molecule has 1 aliphatic rings. The van der Waals surface area contributed by atoms with E-state index in [1.165, 1.54) is 4.88 Å². The molecule has 1 saturated heterocycles. The molecule has 5 nitrogen and oxygen atoms in total.